The topological polar surface area (TPSA) is 42.0 Å². The molecule has 0 bridgehead atoms. The van der Waals surface area contributed by atoms with Crippen LogP contribution in [0.2, 0.25) is 0 Å². The number of nitrogens with zero attached hydrogens (tertiary/aromatic N) is 1. The van der Waals surface area contributed by atoms with Gasteiger partial charge in [0.05, 0.1) is 11.3 Å². The number of amides is 1. The largest absolute Gasteiger partial charge is 0.320 e. The molecule has 0 radical (unpaired) electrons. The van der Waals surface area contributed by atoms with Crippen LogP contribution in [0, 0.1) is 0 Å². The van der Waals surface area contributed by atoms with Crippen molar-refractivity contribution in [3.63, 3.8) is 0 Å². The lowest BCUT2D eigenvalue weighted by atomic mass is 10.1. The molecule has 3 aromatic rings. The molecule has 0 fully saturated rings. The van der Waals surface area contributed by atoms with Crippen molar-refractivity contribution in [1.29, 1.82) is 0 Å². The maximum Gasteiger partial charge on any atom is 0.257 e. The number of halogens is 1. The molecule has 0 saturated carbocycles. The number of pyridine rings is 1. The second-order valence-electron chi connectivity index (χ2n) is 3.94. The smallest absolute Gasteiger partial charge is 0.257 e. The number of carbonyl (C=O) groups is 1. The van der Waals surface area contributed by atoms with Crippen molar-refractivity contribution in [1.82, 2.24) is 4.98 Å². The molecule has 0 aliphatic rings. The van der Waals surface area contributed by atoms with Gasteiger partial charge in [0.15, 0.2) is 0 Å². The first-order valence-electron chi connectivity index (χ1n) is 5.64. The fourth-order valence-electron chi connectivity index (χ4n) is 1.82. The predicted molar refractivity (Wildman–Crippen MR) is 81.7 cm³/mol. The Morgan fingerprint density at radius 1 is 1.21 bits per heavy atom. The van der Waals surface area contributed by atoms with Crippen LogP contribution in [-0.4, -0.2) is 10.9 Å². The van der Waals surface area contributed by atoms with Gasteiger partial charge in [-0.3, -0.25) is 4.79 Å². The van der Waals surface area contributed by atoms with Gasteiger partial charge in [0, 0.05) is 21.7 Å². The lowest BCUT2D eigenvalue weighted by molar-refractivity contribution is 0.102. The number of aromatic nitrogens is 1. The van der Waals surface area contributed by atoms with Crippen molar-refractivity contribution >= 4 is 48.9 Å². The van der Waals surface area contributed by atoms with Crippen LogP contribution in [0.1, 0.15) is 10.4 Å². The molecule has 2 aromatic heterocycles. The highest BCUT2D eigenvalue weighted by Crippen LogP contribution is 2.27. The van der Waals surface area contributed by atoms with E-state index in [1.807, 2.05) is 35.7 Å². The summed E-state index contributed by atoms with van der Waals surface area (Å²) in [5.74, 6) is -0.119. The highest BCUT2D eigenvalue weighted by molar-refractivity contribution is 9.10. The van der Waals surface area contributed by atoms with Gasteiger partial charge < -0.3 is 5.32 Å². The van der Waals surface area contributed by atoms with E-state index in [1.165, 1.54) is 0 Å². The Morgan fingerprint density at radius 3 is 2.89 bits per heavy atom. The van der Waals surface area contributed by atoms with Crippen molar-refractivity contribution in [3.8, 4) is 0 Å². The molecular formula is C14H9BrN2OS. The minimum Gasteiger partial charge on any atom is -0.320 e. The number of fused-ring (bicyclic) bond motifs is 1. The molecule has 3 rings (SSSR count). The molecule has 0 atom stereocenters. The number of rotatable bonds is 2. The molecule has 0 saturated heterocycles. The van der Waals surface area contributed by atoms with Crippen LogP contribution in [-0.2, 0) is 0 Å². The number of benzene rings is 1. The Morgan fingerprint density at radius 2 is 2.05 bits per heavy atom. The van der Waals surface area contributed by atoms with Gasteiger partial charge in [-0.1, -0.05) is 18.2 Å². The van der Waals surface area contributed by atoms with Crippen LogP contribution in [0.5, 0.6) is 0 Å². The Labute approximate surface area is 122 Å². The van der Waals surface area contributed by atoms with E-state index in [2.05, 4.69) is 26.2 Å². The Kier molecular flexibility index (Phi) is 3.31. The maximum atomic E-state index is 12.3. The SMILES string of the molecule is O=C(Nc1cccnc1Br)c1csc2ccccc12. The van der Waals surface area contributed by atoms with Crippen LogP contribution in [0.4, 0.5) is 5.69 Å². The van der Waals surface area contributed by atoms with Crippen LogP contribution >= 0.6 is 27.3 Å². The summed E-state index contributed by atoms with van der Waals surface area (Å²) in [7, 11) is 0. The van der Waals surface area contributed by atoms with Crippen molar-refractivity contribution in [2.24, 2.45) is 0 Å². The molecule has 19 heavy (non-hydrogen) atoms. The first kappa shape index (κ1) is 12.3. The lowest BCUT2D eigenvalue weighted by Crippen LogP contribution is -2.11. The molecule has 94 valence electrons. The van der Waals surface area contributed by atoms with Crippen LogP contribution in [0.3, 0.4) is 0 Å². The molecule has 0 unspecified atom stereocenters. The standard InChI is InChI=1S/C14H9BrN2OS/c15-13-11(5-3-7-16-13)17-14(18)10-8-19-12-6-2-1-4-9(10)12/h1-8H,(H,17,18). The van der Waals surface area contributed by atoms with Gasteiger partial charge in [-0.25, -0.2) is 4.98 Å². The van der Waals surface area contributed by atoms with E-state index in [9.17, 15) is 4.79 Å². The number of hydrogen-bond acceptors (Lipinski definition) is 3. The molecule has 0 aliphatic heterocycles. The molecule has 2 heterocycles. The fourth-order valence-corrected chi connectivity index (χ4v) is 3.11. The van der Waals surface area contributed by atoms with Gasteiger partial charge in [0.2, 0.25) is 0 Å². The van der Waals surface area contributed by atoms with Gasteiger partial charge in [-0.2, -0.15) is 0 Å². The lowest BCUT2D eigenvalue weighted by Gasteiger charge is -2.05. The third-order valence-corrected chi connectivity index (χ3v) is 4.33. The summed E-state index contributed by atoms with van der Waals surface area (Å²) in [6.07, 6.45) is 1.67. The van der Waals surface area contributed by atoms with E-state index in [0.717, 1.165) is 10.1 Å². The summed E-state index contributed by atoms with van der Waals surface area (Å²) < 4.78 is 1.74. The fraction of sp³-hybridized carbons (Fsp3) is 0. The van der Waals surface area contributed by atoms with E-state index < -0.39 is 0 Å². The normalized spacial score (nSPS) is 10.6. The third-order valence-electron chi connectivity index (χ3n) is 2.73. The highest BCUT2D eigenvalue weighted by atomic mass is 79.9. The van der Waals surface area contributed by atoms with Crippen LogP contribution in [0.15, 0.2) is 52.6 Å². The second kappa shape index (κ2) is 5.11. The van der Waals surface area contributed by atoms with Gasteiger partial charge in [-0.05, 0) is 34.1 Å². The number of hydrogen-bond donors (Lipinski definition) is 1. The van der Waals surface area contributed by atoms with Gasteiger partial charge in [-0.15, -0.1) is 11.3 Å². The minimum absolute atomic E-state index is 0.119. The average Bonchev–Trinajstić information content (AvgIpc) is 2.85. The second-order valence-corrected chi connectivity index (χ2v) is 5.60. The first-order valence-corrected chi connectivity index (χ1v) is 7.31. The van der Waals surface area contributed by atoms with Crippen molar-refractivity contribution in [2.75, 3.05) is 5.32 Å². The molecule has 3 nitrogen and oxygen atoms in total. The number of carbonyl (C=O) groups excluding carboxylic acids is 1. The van der Waals surface area contributed by atoms with Gasteiger partial charge in [0.1, 0.15) is 4.60 Å². The van der Waals surface area contributed by atoms with E-state index in [0.29, 0.717) is 15.9 Å². The molecule has 5 heteroatoms. The third kappa shape index (κ3) is 2.39. The summed E-state index contributed by atoms with van der Waals surface area (Å²) >= 11 is 4.88. The van der Waals surface area contributed by atoms with Crippen molar-refractivity contribution in [3.05, 3.63) is 58.1 Å². The monoisotopic (exact) mass is 332 g/mol. The Balaban J connectivity index is 1.95. The summed E-state index contributed by atoms with van der Waals surface area (Å²) in [5.41, 5.74) is 1.36. The van der Waals surface area contributed by atoms with E-state index in [4.69, 9.17) is 0 Å². The average molecular weight is 333 g/mol. The minimum atomic E-state index is -0.119. The maximum absolute atomic E-state index is 12.3. The van der Waals surface area contributed by atoms with Crippen molar-refractivity contribution in [2.45, 2.75) is 0 Å². The zero-order chi connectivity index (χ0) is 13.2. The summed E-state index contributed by atoms with van der Waals surface area (Å²) in [6, 6.07) is 11.5. The van der Waals surface area contributed by atoms with Gasteiger partial charge >= 0.3 is 0 Å². The summed E-state index contributed by atoms with van der Waals surface area (Å²) in [6.45, 7) is 0. The molecule has 1 N–H and O–H groups in total. The van der Waals surface area contributed by atoms with E-state index in [-0.39, 0.29) is 5.91 Å². The van der Waals surface area contributed by atoms with Crippen LogP contribution in [0.25, 0.3) is 10.1 Å². The first-order chi connectivity index (χ1) is 9.25. The number of anilines is 1. The quantitative estimate of drug-likeness (QED) is 0.710. The Bertz CT molecular complexity index is 754. The predicted octanol–water partition coefficient (Wildman–Crippen LogP) is 4.31. The summed E-state index contributed by atoms with van der Waals surface area (Å²) in [4.78, 5) is 16.4. The molecule has 0 aliphatic carbocycles. The highest BCUT2D eigenvalue weighted by Gasteiger charge is 2.13. The van der Waals surface area contributed by atoms with Crippen LogP contribution < -0.4 is 5.32 Å². The number of nitrogens with one attached hydrogen (secondary N) is 1. The van der Waals surface area contributed by atoms with Gasteiger partial charge in [0.25, 0.3) is 5.91 Å². The Hall–Kier alpha value is -1.72. The zero-order valence-electron chi connectivity index (χ0n) is 9.76. The van der Waals surface area contributed by atoms with E-state index in [1.54, 1.807) is 23.6 Å². The molecule has 1 amide bonds. The van der Waals surface area contributed by atoms with E-state index >= 15 is 0 Å². The van der Waals surface area contributed by atoms with Crippen molar-refractivity contribution < 1.29 is 4.79 Å². The zero-order valence-corrected chi connectivity index (χ0v) is 12.2. The number of thiophene rings is 1. The summed E-state index contributed by atoms with van der Waals surface area (Å²) in [5, 5.41) is 5.72. The molecule has 1 aromatic carbocycles. The molecule has 0 spiro atoms. The molecular weight excluding hydrogens is 324 g/mol.